The number of unbranched alkanes of at least 4 members (excludes halogenated alkanes) is 2. The molecule has 0 heterocycles. The van der Waals surface area contributed by atoms with Crippen molar-refractivity contribution in [2.75, 3.05) is 6.54 Å². The number of ketones is 1. The molecular weight excluding hydrogens is 332 g/mol. The molecule has 26 heavy (non-hydrogen) atoms. The molecule has 3 N–H and O–H groups in total. The van der Waals surface area contributed by atoms with Crippen LogP contribution in [0.4, 0.5) is 0 Å². The Hall–Kier alpha value is -1.43. The summed E-state index contributed by atoms with van der Waals surface area (Å²) in [6.45, 7) is 12.7. The number of amides is 1. The molecular formula is C20H38N2O4. The van der Waals surface area contributed by atoms with Crippen LogP contribution in [0.15, 0.2) is 0 Å². The molecule has 0 aliphatic heterocycles. The fourth-order valence-electron chi connectivity index (χ4n) is 2.41. The highest BCUT2D eigenvalue weighted by atomic mass is 16.4. The van der Waals surface area contributed by atoms with E-state index in [1.807, 2.05) is 20.8 Å². The van der Waals surface area contributed by atoms with Crippen LogP contribution in [0.2, 0.25) is 0 Å². The Kier molecular flexibility index (Phi) is 10.7. The van der Waals surface area contributed by atoms with E-state index in [9.17, 15) is 19.5 Å². The first-order chi connectivity index (χ1) is 11.8. The molecule has 0 rings (SSSR count). The molecule has 1 amide bonds. The highest BCUT2D eigenvalue weighted by Gasteiger charge is 2.21. The molecule has 1 atom stereocenters. The highest BCUT2D eigenvalue weighted by molar-refractivity contribution is 5.84. The Balaban J connectivity index is 4.05. The number of Topliss-reactive ketones (excluding diaryl/α,β-unsaturated/α-hetero) is 1. The summed E-state index contributed by atoms with van der Waals surface area (Å²) in [6.07, 6.45) is 3.99. The first kappa shape index (κ1) is 24.6. The van der Waals surface area contributed by atoms with Gasteiger partial charge in [-0.3, -0.25) is 9.59 Å². The topological polar surface area (TPSA) is 95.5 Å². The second-order valence-electron chi connectivity index (χ2n) is 9.01. The Labute approximate surface area is 158 Å². The van der Waals surface area contributed by atoms with Gasteiger partial charge in [-0.05, 0) is 59.4 Å². The van der Waals surface area contributed by atoms with E-state index < -0.39 is 12.0 Å². The summed E-state index contributed by atoms with van der Waals surface area (Å²) >= 11 is 0. The first-order valence-corrected chi connectivity index (χ1v) is 9.63. The van der Waals surface area contributed by atoms with Gasteiger partial charge in [-0.25, -0.2) is 4.79 Å². The maximum atomic E-state index is 11.9. The Morgan fingerprint density at radius 2 is 1.46 bits per heavy atom. The Morgan fingerprint density at radius 1 is 0.885 bits per heavy atom. The smallest absolute Gasteiger partial charge is 0.326 e. The van der Waals surface area contributed by atoms with E-state index in [-0.39, 0.29) is 29.1 Å². The summed E-state index contributed by atoms with van der Waals surface area (Å²) in [7, 11) is 0. The molecule has 0 saturated carbocycles. The van der Waals surface area contributed by atoms with Crippen LogP contribution in [0, 0.1) is 5.41 Å². The fourth-order valence-corrected chi connectivity index (χ4v) is 2.41. The van der Waals surface area contributed by atoms with E-state index in [1.54, 1.807) is 0 Å². The predicted octanol–water partition coefficient (Wildman–Crippen LogP) is 3.29. The summed E-state index contributed by atoms with van der Waals surface area (Å²) in [4.78, 5) is 35.1. The van der Waals surface area contributed by atoms with Crippen LogP contribution in [0.25, 0.3) is 0 Å². The number of rotatable bonds is 12. The molecule has 0 aromatic heterocycles. The lowest BCUT2D eigenvalue weighted by Crippen LogP contribution is -2.41. The number of carbonyl (C=O) groups is 3. The summed E-state index contributed by atoms with van der Waals surface area (Å²) in [5.41, 5.74) is -0.298. The van der Waals surface area contributed by atoms with E-state index in [0.29, 0.717) is 25.7 Å². The van der Waals surface area contributed by atoms with Crippen LogP contribution in [-0.2, 0) is 14.4 Å². The molecule has 0 aromatic carbocycles. The van der Waals surface area contributed by atoms with Crippen molar-refractivity contribution in [3.63, 3.8) is 0 Å². The monoisotopic (exact) mass is 370 g/mol. The van der Waals surface area contributed by atoms with E-state index in [1.165, 1.54) is 0 Å². The Morgan fingerprint density at radius 3 is 1.96 bits per heavy atom. The average molecular weight is 371 g/mol. The van der Waals surface area contributed by atoms with Crippen molar-refractivity contribution < 1.29 is 19.5 Å². The molecule has 6 heteroatoms. The van der Waals surface area contributed by atoms with Crippen LogP contribution < -0.4 is 10.6 Å². The molecule has 0 spiro atoms. The maximum absolute atomic E-state index is 11.9. The average Bonchev–Trinajstić information content (AvgIpc) is 2.47. The van der Waals surface area contributed by atoms with E-state index in [2.05, 4.69) is 31.4 Å². The molecule has 0 fully saturated rings. The van der Waals surface area contributed by atoms with Crippen molar-refractivity contribution in [1.29, 1.82) is 0 Å². The van der Waals surface area contributed by atoms with Crippen molar-refractivity contribution >= 4 is 17.7 Å². The van der Waals surface area contributed by atoms with E-state index in [0.717, 1.165) is 19.4 Å². The zero-order valence-electron chi connectivity index (χ0n) is 17.4. The van der Waals surface area contributed by atoms with Crippen molar-refractivity contribution in [2.45, 2.75) is 98.1 Å². The molecule has 0 aromatic rings. The molecule has 0 radical (unpaired) electrons. The van der Waals surface area contributed by atoms with Gasteiger partial charge >= 0.3 is 5.97 Å². The van der Waals surface area contributed by atoms with E-state index in [4.69, 9.17) is 0 Å². The van der Waals surface area contributed by atoms with Gasteiger partial charge in [0.25, 0.3) is 0 Å². The van der Waals surface area contributed by atoms with Crippen molar-refractivity contribution in [3.8, 4) is 0 Å². The molecule has 0 aliphatic rings. The maximum Gasteiger partial charge on any atom is 0.326 e. The standard InChI is InChI=1S/C20H38N2O4/c1-19(2,3)16(23)12-7-8-13-17(24)22-15(18(25)26)11-9-10-14-21-20(4,5)6/h15,21H,7-14H2,1-6H3,(H,22,24)(H,25,26). The third-order valence-electron chi connectivity index (χ3n) is 4.10. The number of nitrogens with one attached hydrogen (secondary N) is 2. The lowest BCUT2D eigenvalue weighted by Gasteiger charge is -2.20. The third-order valence-corrected chi connectivity index (χ3v) is 4.10. The van der Waals surface area contributed by atoms with Crippen LogP contribution in [0.1, 0.15) is 86.5 Å². The zero-order chi connectivity index (χ0) is 20.4. The van der Waals surface area contributed by atoms with Crippen molar-refractivity contribution in [3.05, 3.63) is 0 Å². The van der Waals surface area contributed by atoms with Crippen molar-refractivity contribution in [2.24, 2.45) is 5.41 Å². The van der Waals surface area contributed by atoms with Gasteiger partial charge in [-0.15, -0.1) is 0 Å². The van der Waals surface area contributed by atoms with Gasteiger partial charge in [-0.1, -0.05) is 20.8 Å². The summed E-state index contributed by atoms with van der Waals surface area (Å²) < 4.78 is 0. The molecule has 6 nitrogen and oxygen atoms in total. The second-order valence-corrected chi connectivity index (χ2v) is 9.01. The van der Waals surface area contributed by atoms with E-state index >= 15 is 0 Å². The van der Waals surface area contributed by atoms with Gasteiger partial charge in [0.05, 0.1) is 0 Å². The largest absolute Gasteiger partial charge is 0.480 e. The third kappa shape index (κ3) is 12.9. The van der Waals surface area contributed by atoms with Crippen molar-refractivity contribution in [1.82, 2.24) is 10.6 Å². The molecule has 152 valence electrons. The minimum absolute atomic E-state index is 0.0504. The first-order valence-electron chi connectivity index (χ1n) is 9.63. The van der Waals surface area contributed by atoms with Gasteiger partial charge in [0.15, 0.2) is 0 Å². The highest BCUT2D eigenvalue weighted by Crippen LogP contribution is 2.18. The predicted molar refractivity (Wildman–Crippen MR) is 104 cm³/mol. The number of hydrogen-bond acceptors (Lipinski definition) is 4. The summed E-state index contributed by atoms with van der Waals surface area (Å²) in [6, 6.07) is -0.839. The van der Waals surface area contributed by atoms with Crippen LogP contribution in [0.5, 0.6) is 0 Å². The quantitative estimate of drug-likeness (QED) is 0.458. The van der Waals surface area contributed by atoms with Gasteiger partial charge in [-0.2, -0.15) is 0 Å². The Bertz CT molecular complexity index is 461. The minimum atomic E-state index is -0.995. The van der Waals surface area contributed by atoms with Gasteiger partial charge < -0.3 is 15.7 Å². The molecule has 1 unspecified atom stereocenters. The normalized spacial score (nSPS) is 13.3. The zero-order valence-corrected chi connectivity index (χ0v) is 17.4. The molecule has 0 aliphatic carbocycles. The SMILES string of the molecule is CC(C)(C)NCCCCC(NC(=O)CCCCC(=O)C(C)(C)C)C(=O)O. The summed E-state index contributed by atoms with van der Waals surface area (Å²) in [5.74, 6) is -1.07. The van der Waals surface area contributed by atoms with Crippen LogP contribution >= 0.6 is 0 Å². The van der Waals surface area contributed by atoms with Gasteiger partial charge in [0.2, 0.25) is 5.91 Å². The summed E-state index contributed by atoms with van der Waals surface area (Å²) in [5, 5.41) is 15.2. The van der Waals surface area contributed by atoms with Gasteiger partial charge in [0.1, 0.15) is 11.8 Å². The lowest BCUT2D eigenvalue weighted by molar-refractivity contribution is -0.142. The number of carboxylic acid groups (broad SMARTS) is 1. The minimum Gasteiger partial charge on any atom is -0.480 e. The molecule has 0 bridgehead atoms. The van der Waals surface area contributed by atoms with Crippen LogP contribution in [-0.4, -0.2) is 40.9 Å². The number of aliphatic carboxylic acids is 1. The second kappa shape index (κ2) is 11.3. The number of carboxylic acids is 1. The van der Waals surface area contributed by atoms with Crippen LogP contribution in [0.3, 0.4) is 0 Å². The number of hydrogen-bond donors (Lipinski definition) is 3. The lowest BCUT2D eigenvalue weighted by atomic mass is 9.88. The fraction of sp³-hybridized carbons (Fsp3) is 0.850. The molecule has 0 saturated heterocycles. The van der Waals surface area contributed by atoms with Gasteiger partial charge in [0, 0.05) is 23.8 Å². The number of carbonyl (C=O) groups excluding carboxylic acids is 2.